The Morgan fingerprint density at radius 3 is 2.41 bits per heavy atom. The molecule has 132 valence electrons. The van der Waals surface area contributed by atoms with Crippen molar-refractivity contribution >= 4 is 22.5 Å². The summed E-state index contributed by atoms with van der Waals surface area (Å²) in [5, 5.41) is 12.9. The highest BCUT2D eigenvalue weighted by Gasteiger charge is 2.10. The van der Waals surface area contributed by atoms with E-state index in [1.165, 1.54) is 17.0 Å². The second-order valence-electron chi connectivity index (χ2n) is 5.96. The predicted octanol–water partition coefficient (Wildman–Crippen LogP) is 3.34. The van der Waals surface area contributed by atoms with Crippen molar-refractivity contribution in [3.05, 3.63) is 95.0 Å². The van der Waals surface area contributed by atoms with Crippen molar-refractivity contribution in [3.8, 4) is 11.4 Å². The van der Waals surface area contributed by atoms with Gasteiger partial charge in [0.1, 0.15) is 12.1 Å². The van der Waals surface area contributed by atoms with E-state index in [0.29, 0.717) is 27.8 Å². The Morgan fingerprint density at radius 1 is 0.926 bits per heavy atom. The molecule has 0 atom stereocenters. The summed E-state index contributed by atoms with van der Waals surface area (Å²) < 4.78 is 1.44. The third kappa shape index (κ3) is 3.16. The molecule has 1 amide bonds. The smallest absolute Gasteiger partial charge is 0.265 e. The summed E-state index contributed by atoms with van der Waals surface area (Å²) in [6.07, 6.45) is 1.47. The maximum Gasteiger partial charge on any atom is 0.265 e. The molecule has 4 rings (SSSR count). The number of carbonyl (C=O) groups is 1. The molecule has 0 spiro atoms. The van der Waals surface area contributed by atoms with E-state index in [2.05, 4.69) is 10.3 Å². The van der Waals surface area contributed by atoms with E-state index in [1.807, 2.05) is 6.07 Å². The SMILES string of the molecule is O=C(Nc1ccccc1O)c1ccc(-n2cnc3ccccc3c2=O)cc1. The molecule has 27 heavy (non-hydrogen) atoms. The number of phenolic OH excluding ortho intramolecular Hbond substituents is 1. The average Bonchev–Trinajstić information content (AvgIpc) is 2.70. The lowest BCUT2D eigenvalue weighted by Gasteiger charge is -2.09. The van der Waals surface area contributed by atoms with E-state index in [4.69, 9.17) is 0 Å². The van der Waals surface area contributed by atoms with Crippen LogP contribution in [0.1, 0.15) is 10.4 Å². The number of aromatic hydroxyl groups is 1. The minimum Gasteiger partial charge on any atom is -0.506 e. The number of amides is 1. The number of rotatable bonds is 3. The van der Waals surface area contributed by atoms with Crippen LogP contribution in [0.25, 0.3) is 16.6 Å². The van der Waals surface area contributed by atoms with Crippen molar-refractivity contribution in [1.82, 2.24) is 9.55 Å². The molecule has 1 heterocycles. The number of hydrogen-bond acceptors (Lipinski definition) is 4. The largest absolute Gasteiger partial charge is 0.506 e. The van der Waals surface area contributed by atoms with Crippen LogP contribution in [0.3, 0.4) is 0 Å². The molecule has 0 aliphatic carbocycles. The third-order valence-electron chi connectivity index (χ3n) is 4.23. The molecule has 0 unspecified atom stereocenters. The first kappa shape index (κ1) is 16.5. The van der Waals surface area contributed by atoms with Gasteiger partial charge in [-0.2, -0.15) is 0 Å². The summed E-state index contributed by atoms with van der Waals surface area (Å²) in [7, 11) is 0. The highest BCUT2D eigenvalue weighted by atomic mass is 16.3. The molecule has 2 N–H and O–H groups in total. The molecule has 0 bridgehead atoms. The van der Waals surface area contributed by atoms with Crippen LogP contribution in [0, 0.1) is 0 Å². The number of carbonyl (C=O) groups excluding carboxylic acids is 1. The molecule has 0 aliphatic heterocycles. The summed E-state index contributed by atoms with van der Waals surface area (Å²) in [5.74, 6) is -0.358. The van der Waals surface area contributed by atoms with Crippen LogP contribution in [0.5, 0.6) is 5.75 Å². The predicted molar refractivity (Wildman–Crippen MR) is 103 cm³/mol. The van der Waals surface area contributed by atoms with E-state index in [9.17, 15) is 14.7 Å². The van der Waals surface area contributed by atoms with Crippen LogP contribution in [0.4, 0.5) is 5.69 Å². The van der Waals surface area contributed by atoms with Gasteiger partial charge in [-0.05, 0) is 48.5 Å². The Hall–Kier alpha value is -3.93. The Labute approximate surface area is 154 Å². The number of anilines is 1. The number of benzene rings is 3. The summed E-state index contributed by atoms with van der Waals surface area (Å²) in [4.78, 5) is 29.3. The van der Waals surface area contributed by atoms with Crippen LogP contribution < -0.4 is 10.9 Å². The zero-order valence-electron chi connectivity index (χ0n) is 14.2. The minimum absolute atomic E-state index is 0.00346. The zero-order chi connectivity index (χ0) is 18.8. The van der Waals surface area contributed by atoms with Crippen LogP contribution >= 0.6 is 0 Å². The maximum absolute atomic E-state index is 12.6. The van der Waals surface area contributed by atoms with Gasteiger partial charge < -0.3 is 10.4 Å². The van der Waals surface area contributed by atoms with Gasteiger partial charge in [0.05, 0.1) is 22.3 Å². The number of nitrogens with one attached hydrogen (secondary N) is 1. The molecule has 4 aromatic rings. The number of hydrogen-bond donors (Lipinski definition) is 2. The van der Waals surface area contributed by atoms with Crippen molar-refractivity contribution in [1.29, 1.82) is 0 Å². The van der Waals surface area contributed by atoms with Gasteiger partial charge in [-0.1, -0.05) is 24.3 Å². The van der Waals surface area contributed by atoms with Gasteiger partial charge in [0.25, 0.3) is 11.5 Å². The van der Waals surface area contributed by atoms with Crippen LogP contribution in [0.2, 0.25) is 0 Å². The molecule has 0 aliphatic rings. The van der Waals surface area contributed by atoms with Crippen LogP contribution in [-0.4, -0.2) is 20.6 Å². The van der Waals surface area contributed by atoms with Gasteiger partial charge in [0.15, 0.2) is 0 Å². The van der Waals surface area contributed by atoms with Crippen LogP contribution in [0.15, 0.2) is 83.9 Å². The van der Waals surface area contributed by atoms with E-state index < -0.39 is 0 Å². The van der Waals surface area contributed by atoms with Gasteiger partial charge in [-0.15, -0.1) is 0 Å². The molecule has 0 saturated heterocycles. The quantitative estimate of drug-likeness (QED) is 0.551. The summed E-state index contributed by atoms with van der Waals surface area (Å²) >= 11 is 0. The highest BCUT2D eigenvalue weighted by molar-refractivity contribution is 6.05. The molecular weight excluding hydrogens is 342 g/mol. The van der Waals surface area contributed by atoms with Crippen molar-refractivity contribution < 1.29 is 9.90 Å². The van der Waals surface area contributed by atoms with Crippen molar-refractivity contribution in [2.45, 2.75) is 0 Å². The molecule has 0 radical (unpaired) electrons. The highest BCUT2D eigenvalue weighted by Crippen LogP contribution is 2.22. The number of phenols is 1. The van der Waals surface area contributed by atoms with E-state index in [0.717, 1.165) is 0 Å². The second kappa shape index (κ2) is 6.76. The molecule has 3 aromatic carbocycles. The van der Waals surface area contributed by atoms with Gasteiger partial charge >= 0.3 is 0 Å². The minimum atomic E-state index is -0.355. The molecule has 6 heteroatoms. The summed E-state index contributed by atoms with van der Waals surface area (Å²) in [5.41, 5.74) is 1.81. The average molecular weight is 357 g/mol. The Kier molecular flexibility index (Phi) is 4.14. The summed E-state index contributed by atoms with van der Waals surface area (Å²) in [6.45, 7) is 0. The van der Waals surface area contributed by atoms with Gasteiger partial charge in [0.2, 0.25) is 0 Å². The second-order valence-corrected chi connectivity index (χ2v) is 5.96. The van der Waals surface area contributed by atoms with Crippen LogP contribution in [-0.2, 0) is 0 Å². The molecule has 0 fully saturated rings. The van der Waals surface area contributed by atoms with Crippen molar-refractivity contribution in [2.24, 2.45) is 0 Å². The van der Waals surface area contributed by atoms with Crippen molar-refractivity contribution in [2.75, 3.05) is 5.32 Å². The number of aromatic nitrogens is 2. The zero-order valence-corrected chi connectivity index (χ0v) is 14.2. The molecule has 1 aromatic heterocycles. The standard InChI is InChI=1S/C21H15N3O3/c25-19-8-4-3-7-18(19)23-20(26)14-9-11-15(12-10-14)24-13-22-17-6-2-1-5-16(17)21(24)27/h1-13,25H,(H,23,26). The Bertz CT molecular complexity index is 1200. The fourth-order valence-corrected chi connectivity index (χ4v) is 2.80. The monoisotopic (exact) mass is 357 g/mol. The molecule has 6 nitrogen and oxygen atoms in total. The first-order valence-corrected chi connectivity index (χ1v) is 8.30. The molecule has 0 saturated carbocycles. The molecular formula is C21H15N3O3. The normalized spacial score (nSPS) is 10.7. The number of fused-ring (bicyclic) bond motifs is 1. The lowest BCUT2D eigenvalue weighted by molar-refractivity contribution is 0.102. The first-order chi connectivity index (χ1) is 13.1. The number of nitrogens with zero attached hydrogens (tertiary/aromatic N) is 2. The van der Waals surface area contributed by atoms with E-state index in [-0.39, 0.29) is 17.2 Å². The first-order valence-electron chi connectivity index (χ1n) is 8.30. The maximum atomic E-state index is 12.6. The lowest BCUT2D eigenvalue weighted by atomic mass is 10.1. The fraction of sp³-hybridized carbons (Fsp3) is 0. The Balaban J connectivity index is 1.63. The van der Waals surface area contributed by atoms with Gasteiger partial charge in [-0.25, -0.2) is 4.98 Å². The van der Waals surface area contributed by atoms with Crippen molar-refractivity contribution in [3.63, 3.8) is 0 Å². The summed E-state index contributed by atoms with van der Waals surface area (Å²) in [6, 6.07) is 20.2. The van der Waals surface area contributed by atoms with E-state index in [1.54, 1.807) is 60.7 Å². The third-order valence-corrected chi connectivity index (χ3v) is 4.23. The fourth-order valence-electron chi connectivity index (χ4n) is 2.80. The van der Waals surface area contributed by atoms with E-state index >= 15 is 0 Å². The Morgan fingerprint density at radius 2 is 1.63 bits per heavy atom. The topological polar surface area (TPSA) is 84.2 Å². The number of para-hydroxylation sites is 3. The van der Waals surface area contributed by atoms with Gasteiger partial charge in [0, 0.05) is 5.56 Å². The lowest BCUT2D eigenvalue weighted by Crippen LogP contribution is -2.19. The van der Waals surface area contributed by atoms with Gasteiger partial charge in [-0.3, -0.25) is 14.2 Å².